The van der Waals surface area contributed by atoms with Crippen molar-refractivity contribution in [2.45, 2.75) is 70.2 Å². The summed E-state index contributed by atoms with van der Waals surface area (Å²) in [5, 5.41) is -0.374. The molecule has 48 heavy (non-hydrogen) atoms. The molecule has 1 heterocycles. The van der Waals surface area contributed by atoms with E-state index in [0.29, 0.717) is 12.0 Å². The number of thioether (sulfide) groups is 1. The van der Waals surface area contributed by atoms with Gasteiger partial charge in [0, 0.05) is 44.8 Å². The van der Waals surface area contributed by atoms with Crippen molar-refractivity contribution >= 4 is 17.7 Å². The van der Waals surface area contributed by atoms with Gasteiger partial charge in [-0.25, -0.2) is 4.39 Å². The molecule has 3 aromatic carbocycles. The van der Waals surface area contributed by atoms with Gasteiger partial charge in [-0.05, 0) is 91.3 Å². The molecule has 0 aliphatic heterocycles. The molecule has 0 spiro atoms. The number of amides is 1. The first-order valence-electron chi connectivity index (χ1n) is 21.3. The van der Waals surface area contributed by atoms with E-state index in [0.717, 1.165) is 66.6 Å². The molecule has 11 heteroatoms. The highest BCUT2D eigenvalue weighted by Gasteiger charge is 2.30. The number of halogens is 4. The standard InChI is InChI=1S/C37H40F4N4O2S/c1-4-43(5-2)19-20-44(22-27-11-18-31(25(3)21-27)28-12-14-29(15-13-28)37(39,40)41)34(46)23-45-33-8-6-7-32(33)35(47)42-36(45)48-24-26-9-16-30(38)17-10-26/h9-18,21H,4-8,19-20,22-24H2,1-3H3/i4D2,5D2,11D,18D,19D2,20D2,21D,23D2. The topological polar surface area (TPSA) is 58.4 Å². The highest BCUT2D eigenvalue weighted by atomic mass is 32.2. The van der Waals surface area contributed by atoms with Gasteiger partial charge in [-0.3, -0.25) is 9.59 Å². The number of nitrogens with zero attached hydrogens (tertiary/aromatic N) is 4. The quantitative estimate of drug-likeness (QED) is 0.0824. The Morgan fingerprint density at radius 3 is 2.40 bits per heavy atom. The van der Waals surface area contributed by atoms with Crippen molar-refractivity contribution in [3.05, 3.63) is 116 Å². The second-order valence-corrected chi connectivity index (χ2v) is 11.6. The van der Waals surface area contributed by atoms with Gasteiger partial charge in [-0.1, -0.05) is 68.0 Å². The average Bonchev–Trinajstić information content (AvgIpc) is 3.62. The van der Waals surface area contributed by atoms with Gasteiger partial charge in [0.15, 0.2) is 5.16 Å². The van der Waals surface area contributed by atoms with E-state index >= 15 is 4.79 Å². The first-order valence-corrected chi connectivity index (χ1v) is 15.8. The van der Waals surface area contributed by atoms with Crippen LogP contribution in [0.1, 0.15) is 71.6 Å². The maximum Gasteiger partial charge on any atom is 0.416 e. The van der Waals surface area contributed by atoms with Crippen molar-refractivity contribution in [3.8, 4) is 11.1 Å². The molecular weight excluding hydrogens is 640 g/mol. The number of hydrogen-bond acceptors (Lipinski definition) is 5. The Morgan fingerprint density at radius 2 is 1.73 bits per heavy atom. The number of aromatic nitrogens is 2. The maximum atomic E-state index is 15.0. The van der Waals surface area contributed by atoms with Gasteiger partial charge < -0.3 is 14.4 Å². The lowest BCUT2D eigenvalue weighted by molar-refractivity contribution is -0.137. The van der Waals surface area contributed by atoms with Crippen LogP contribution in [0.5, 0.6) is 0 Å². The molecule has 254 valence electrons. The summed E-state index contributed by atoms with van der Waals surface area (Å²) in [6.45, 7) is -15.9. The largest absolute Gasteiger partial charge is 0.416 e. The molecule has 1 aliphatic carbocycles. The summed E-state index contributed by atoms with van der Waals surface area (Å²) in [5.74, 6) is -2.47. The molecule has 1 aliphatic rings. The minimum Gasteiger partial charge on any atom is -0.336 e. The number of carbonyl (C=O) groups excluding carboxylic acids is 1. The first kappa shape index (κ1) is 21.9. The fourth-order valence-electron chi connectivity index (χ4n) is 5.02. The Balaban J connectivity index is 1.74. The number of likely N-dealkylation sites (N-methyl/N-ethyl adjacent to an activating group) is 1. The van der Waals surface area contributed by atoms with Crippen LogP contribution in [0.4, 0.5) is 17.6 Å². The van der Waals surface area contributed by atoms with Crippen LogP contribution in [0.2, 0.25) is 0 Å². The number of carbonyl (C=O) groups is 1. The minimum atomic E-state index is -4.70. The molecule has 0 atom stereocenters. The highest BCUT2D eigenvalue weighted by molar-refractivity contribution is 7.98. The summed E-state index contributed by atoms with van der Waals surface area (Å²) in [6, 6.07) is 6.46. The zero-order valence-corrected chi connectivity index (χ0v) is 27.0. The third-order valence-electron chi connectivity index (χ3n) is 7.45. The van der Waals surface area contributed by atoms with Crippen LogP contribution in [0.25, 0.3) is 11.1 Å². The molecule has 0 radical (unpaired) electrons. The predicted octanol–water partition coefficient (Wildman–Crippen LogP) is 7.53. The van der Waals surface area contributed by atoms with Crippen molar-refractivity contribution in [3.63, 3.8) is 0 Å². The van der Waals surface area contributed by atoms with Gasteiger partial charge >= 0.3 is 6.18 Å². The van der Waals surface area contributed by atoms with Gasteiger partial charge in [0.25, 0.3) is 5.56 Å². The summed E-state index contributed by atoms with van der Waals surface area (Å²) in [6.07, 6.45) is -4.21. The first-order chi connectivity index (χ1) is 27.8. The highest BCUT2D eigenvalue weighted by Crippen LogP contribution is 2.32. The second-order valence-electron chi connectivity index (χ2n) is 10.7. The molecule has 4 aromatic rings. The van der Waals surface area contributed by atoms with Crippen LogP contribution < -0.4 is 5.56 Å². The van der Waals surface area contributed by atoms with E-state index in [2.05, 4.69) is 4.98 Å². The molecule has 0 fully saturated rings. The summed E-state index contributed by atoms with van der Waals surface area (Å²) in [7, 11) is 0. The van der Waals surface area contributed by atoms with E-state index < -0.39 is 91.7 Å². The monoisotopic (exact) mass is 693 g/mol. The Labute approximate surface area is 301 Å². The average molecular weight is 694 g/mol. The predicted molar refractivity (Wildman–Crippen MR) is 181 cm³/mol. The second kappa shape index (κ2) is 15.5. The molecular formula is C37H40F4N4O2S. The SMILES string of the molecule is [2H]c1c([2H])c(-c2ccc(C(F)(F)F)cc2)c(C)c([2H])c1CN(C(=O)C([2H])([2H])n1c(SCc2ccc(F)cc2)nc(=O)c2c1CCC2)C([2H])([2H])C([2H])([2H])N(C([2H])([2H])C)C([2H])([2H])C. The van der Waals surface area contributed by atoms with Crippen molar-refractivity contribution in [1.29, 1.82) is 0 Å². The summed E-state index contributed by atoms with van der Waals surface area (Å²) < 4.78 is 170. The van der Waals surface area contributed by atoms with Gasteiger partial charge in [-0.15, -0.1) is 0 Å². The van der Waals surface area contributed by atoms with Crippen LogP contribution in [0, 0.1) is 12.7 Å². The van der Waals surface area contributed by atoms with E-state index in [1.165, 1.54) is 19.1 Å². The van der Waals surface area contributed by atoms with Gasteiger partial charge in [-0.2, -0.15) is 18.2 Å². The van der Waals surface area contributed by atoms with E-state index in [1.54, 1.807) is 0 Å². The lowest BCUT2D eigenvalue weighted by Gasteiger charge is -2.28. The Kier molecular flexibility index (Phi) is 7.07. The van der Waals surface area contributed by atoms with E-state index in [-0.39, 0.29) is 61.5 Å². The number of fused-ring (bicyclic) bond motifs is 1. The van der Waals surface area contributed by atoms with Crippen molar-refractivity contribution in [2.75, 3.05) is 26.0 Å². The van der Waals surface area contributed by atoms with Crippen LogP contribution in [0.15, 0.2) is 76.6 Å². The van der Waals surface area contributed by atoms with Crippen LogP contribution in [-0.4, -0.2) is 51.2 Å². The minimum absolute atomic E-state index is 0.00350. The summed E-state index contributed by atoms with van der Waals surface area (Å²) in [4.78, 5) is 32.1. The fraction of sp³-hybridized carbons (Fsp3) is 0.378. The zero-order valence-electron chi connectivity index (χ0n) is 39.2. The molecule has 6 nitrogen and oxygen atoms in total. The number of rotatable bonds is 13. The van der Waals surface area contributed by atoms with Crippen LogP contribution in [0.3, 0.4) is 0 Å². The van der Waals surface area contributed by atoms with Crippen molar-refractivity contribution in [2.24, 2.45) is 0 Å². The van der Waals surface area contributed by atoms with Gasteiger partial charge in [0.2, 0.25) is 5.91 Å². The molecule has 5 rings (SSSR count). The summed E-state index contributed by atoms with van der Waals surface area (Å²) >= 11 is 0.778. The maximum absolute atomic E-state index is 15.0. The zero-order chi connectivity index (χ0) is 46.0. The van der Waals surface area contributed by atoms with Gasteiger partial charge in [0.05, 0.1) is 15.2 Å². The van der Waals surface area contributed by atoms with Crippen LogP contribution in [-0.2, 0) is 42.6 Å². The third kappa shape index (κ3) is 8.54. The van der Waals surface area contributed by atoms with Crippen LogP contribution >= 0.6 is 11.8 Å². The Hall–Kier alpha value is -3.96. The van der Waals surface area contributed by atoms with E-state index in [4.69, 9.17) is 12.3 Å². The summed E-state index contributed by atoms with van der Waals surface area (Å²) in [5.41, 5.74) is -2.13. The smallest absolute Gasteiger partial charge is 0.336 e. The lowest BCUT2D eigenvalue weighted by atomic mass is 9.97. The van der Waals surface area contributed by atoms with E-state index in [9.17, 15) is 27.8 Å². The molecule has 0 N–H and O–H groups in total. The third-order valence-corrected chi connectivity index (χ3v) is 8.46. The number of alkyl halides is 3. The van der Waals surface area contributed by atoms with E-state index in [1.807, 2.05) is 0 Å². The normalized spacial score (nSPS) is 18.3. The van der Waals surface area contributed by atoms with Gasteiger partial charge in [0.1, 0.15) is 12.3 Å². The lowest BCUT2D eigenvalue weighted by Crippen LogP contribution is -2.40. The van der Waals surface area contributed by atoms with Crippen molar-refractivity contribution < 1.29 is 40.2 Å². The molecule has 1 amide bonds. The fourth-order valence-corrected chi connectivity index (χ4v) is 5.94. The molecule has 0 unspecified atom stereocenters. The molecule has 0 saturated heterocycles. The molecule has 0 bridgehead atoms. The molecule has 1 aromatic heterocycles. The number of hydrogen-bond donors (Lipinski definition) is 0. The Morgan fingerprint density at radius 1 is 1.02 bits per heavy atom. The Bertz CT molecular complexity index is 2340. The van der Waals surface area contributed by atoms with Crippen molar-refractivity contribution in [1.82, 2.24) is 19.4 Å². The molecule has 0 saturated carbocycles. The number of benzene rings is 3.